The molecule has 106 valence electrons. The number of hydrogen-bond acceptors (Lipinski definition) is 4. The average molecular weight is 352 g/mol. The number of hydrogen-bond donors (Lipinski definition) is 3. The number of nitrogens with one attached hydrogen (secondary N) is 2. The highest BCUT2D eigenvalue weighted by Crippen LogP contribution is 2.22. The van der Waals surface area contributed by atoms with Crippen molar-refractivity contribution in [1.82, 2.24) is 15.3 Å². The maximum absolute atomic E-state index is 10.6. The van der Waals surface area contributed by atoms with Gasteiger partial charge in [0.2, 0.25) is 5.28 Å². The summed E-state index contributed by atoms with van der Waals surface area (Å²) in [6, 6.07) is -0.0710. The minimum atomic E-state index is -1.05. The Morgan fingerprint density at radius 3 is 2.84 bits per heavy atom. The molecule has 1 atom stereocenters. The molecule has 0 fully saturated rings. The van der Waals surface area contributed by atoms with E-state index in [1.807, 2.05) is 0 Å². The Kier molecular flexibility index (Phi) is 6.30. The van der Waals surface area contributed by atoms with Gasteiger partial charge in [0.05, 0.1) is 4.47 Å². The molecule has 0 aromatic carbocycles. The number of aromatic nitrogens is 2. The lowest BCUT2D eigenvalue weighted by Gasteiger charge is -2.21. The third-order valence-electron chi connectivity index (χ3n) is 2.31. The van der Waals surface area contributed by atoms with Gasteiger partial charge in [-0.15, -0.1) is 0 Å². The molecule has 0 aliphatic carbocycles. The van der Waals surface area contributed by atoms with Crippen LogP contribution in [-0.2, 0) is 0 Å². The Bertz CT molecular complexity index is 445. The topological polar surface area (TPSA) is 87.1 Å². The predicted octanol–water partition coefficient (Wildman–Crippen LogP) is 2.99. The van der Waals surface area contributed by atoms with E-state index in [-0.39, 0.29) is 11.3 Å². The fraction of sp³-hybridized carbons (Fsp3) is 0.545. The van der Waals surface area contributed by atoms with Gasteiger partial charge in [-0.3, -0.25) is 0 Å². The molecule has 1 heterocycles. The number of nitrogens with zero attached hydrogens (tertiary/aromatic N) is 2. The summed E-state index contributed by atoms with van der Waals surface area (Å²) in [7, 11) is 0. The van der Waals surface area contributed by atoms with Crippen LogP contribution in [0.25, 0.3) is 0 Å². The van der Waals surface area contributed by atoms with Crippen LogP contribution in [0.5, 0.6) is 0 Å². The van der Waals surface area contributed by atoms with E-state index in [4.69, 9.17) is 16.7 Å². The van der Waals surface area contributed by atoms with E-state index in [1.54, 1.807) is 6.20 Å². The lowest BCUT2D eigenvalue weighted by Crippen LogP contribution is -2.37. The second kappa shape index (κ2) is 7.49. The third-order valence-corrected chi connectivity index (χ3v) is 3.07. The minimum absolute atomic E-state index is 0.0710. The Balaban J connectivity index is 2.74. The summed E-state index contributed by atoms with van der Waals surface area (Å²) in [6.07, 6.45) is 1.30. The molecule has 0 radical (unpaired) electrons. The molecule has 1 amide bonds. The number of anilines is 1. The van der Waals surface area contributed by atoms with Crippen LogP contribution in [0.15, 0.2) is 10.7 Å². The number of carboxylic acid groups (broad SMARTS) is 1. The van der Waals surface area contributed by atoms with Gasteiger partial charge in [0.1, 0.15) is 5.82 Å². The highest BCUT2D eigenvalue weighted by molar-refractivity contribution is 9.10. The third kappa shape index (κ3) is 6.07. The monoisotopic (exact) mass is 350 g/mol. The Labute approximate surface area is 125 Å². The zero-order valence-electron chi connectivity index (χ0n) is 10.7. The number of carbonyl (C=O) groups is 1. The van der Waals surface area contributed by atoms with Gasteiger partial charge in [-0.1, -0.05) is 13.8 Å². The van der Waals surface area contributed by atoms with E-state index in [2.05, 4.69) is 50.4 Å². The molecule has 19 heavy (non-hydrogen) atoms. The normalized spacial score (nSPS) is 12.3. The van der Waals surface area contributed by atoms with Gasteiger partial charge in [0.25, 0.3) is 0 Å². The number of rotatable bonds is 6. The first-order valence-corrected chi connectivity index (χ1v) is 6.97. The van der Waals surface area contributed by atoms with Crippen molar-refractivity contribution in [3.63, 3.8) is 0 Å². The molecular formula is C11H16BrClN4O2. The van der Waals surface area contributed by atoms with Crippen molar-refractivity contribution >= 4 is 39.4 Å². The summed E-state index contributed by atoms with van der Waals surface area (Å²) in [5.74, 6) is 0.974. The molecule has 8 heteroatoms. The summed E-state index contributed by atoms with van der Waals surface area (Å²) in [5, 5.41) is 14.3. The Morgan fingerprint density at radius 2 is 2.26 bits per heavy atom. The van der Waals surface area contributed by atoms with Crippen molar-refractivity contribution in [3.05, 3.63) is 16.0 Å². The highest BCUT2D eigenvalue weighted by Gasteiger charge is 2.14. The molecule has 3 N–H and O–H groups in total. The van der Waals surface area contributed by atoms with E-state index in [9.17, 15) is 4.79 Å². The summed E-state index contributed by atoms with van der Waals surface area (Å²) >= 11 is 9.06. The lowest BCUT2D eigenvalue weighted by atomic mass is 10.0. The van der Waals surface area contributed by atoms with E-state index >= 15 is 0 Å². The average Bonchev–Trinajstić information content (AvgIpc) is 2.30. The summed E-state index contributed by atoms with van der Waals surface area (Å²) in [5.41, 5.74) is 0. The van der Waals surface area contributed by atoms with Crippen LogP contribution >= 0.6 is 27.5 Å². The fourth-order valence-electron chi connectivity index (χ4n) is 1.61. The highest BCUT2D eigenvalue weighted by atomic mass is 79.9. The van der Waals surface area contributed by atoms with Crippen LogP contribution in [0, 0.1) is 5.92 Å². The molecular weight excluding hydrogens is 336 g/mol. The van der Waals surface area contributed by atoms with Crippen molar-refractivity contribution in [3.8, 4) is 0 Å². The molecule has 1 unspecified atom stereocenters. The van der Waals surface area contributed by atoms with Gasteiger partial charge < -0.3 is 15.7 Å². The first-order chi connectivity index (χ1) is 8.88. The molecule has 0 aliphatic rings. The Hall–Kier alpha value is -1.08. The van der Waals surface area contributed by atoms with Crippen LogP contribution in [-0.4, -0.2) is 33.8 Å². The minimum Gasteiger partial charge on any atom is -0.465 e. The second-order valence-corrected chi connectivity index (χ2v) is 5.68. The lowest BCUT2D eigenvalue weighted by molar-refractivity contribution is 0.193. The van der Waals surface area contributed by atoms with Crippen LogP contribution < -0.4 is 10.6 Å². The van der Waals surface area contributed by atoms with E-state index in [1.165, 1.54) is 0 Å². The van der Waals surface area contributed by atoms with Crippen molar-refractivity contribution in [2.75, 3.05) is 11.9 Å². The molecule has 0 saturated heterocycles. The molecule has 6 nitrogen and oxygen atoms in total. The number of halogens is 2. The van der Waals surface area contributed by atoms with Crippen LogP contribution in [0.4, 0.5) is 10.6 Å². The molecule has 0 spiro atoms. The molecule has 0 aliphatic heterocycles. The SMILES string of the molecule is CC(C)CC(CNC(=O)O)Nc1nc(Cl)ncc1Br. The zero-order chi connectivity index (χ0) is 14.4. The maximum atomic E-state index is 10.6. The maximum Gasteiger partial charge on any atom is 0.404 e. The van der Waals surface area contributed by atoms with Crippen LogP contribution in [0.3, 0.4) is 0 Å². The summed E-state index contributed by atoms with van der Waals surface area (Å²) in [4.78, 5) is 18.5. The van der Waals surface area contributed by atoms with Gasteiger partial charge in [-0.25, -0.2) is 9.78 Å². The smallest absolute Gasteiger partial charge is 0.404 e. The molecule has 1 rings (SSSR count). The fourth-order valence-corrected chi connectivity index (χ4v) is 2.05. The van der Waals surface area contributed by atoms with Gasteiger partial charge in [0, 0.05) is 18.8 Å². The Morgan fingerprint density at radius 1 is 1.58 bits per heavy atom. The van der Waals surface area contributed by atoms with Crippen molar-refractivity contribution in [2.45, 2.75) is 26.3 Å². The molecule has 1 aromatic heterocycles. The largest absolute Gasteiger partial charge is 0.465 e. The van der Waals surface area contributed by atoms with Crippen molar-refractivity contribution in [2.24, 2.45) is 5.92 Å². The summed E-state index contributed by atoms with van der Waals surface area (Å²) < 4.78 is 0.681. The van der Waals surface area contributed by atoms with Crippen molar-refractivity contribution in [1.29, 1.82) is 0 Å². The quantitative estimate of drug-likeness (QED) is 0.686. The van der Waals surface area contributed by atoms with E-state index in [0.717, 1.165) is 6.42 Å². The van der Waals surface area contributed by atoms with E-state index in [0.29, 0.717) is 22.8 Å². The molecule has 1 aromatic rings. The van der Waals surface area contributed by atoms with Crippen LogP contribution in [0.2, 0.25) is 5.28 Å². The first kappa shape index (κ1) is 16.0. The summed E-state index contributed by atoms with van der Waals surface area (Å²) in [6.45, 7) is 4.43. The van der Waals surface area contributed by atoms with Gasteiger partial charge in [-0.05, 0) is 39.9 Å². The first-order valence-electron chi connectivity index (χ1n) is 5.80. The van der Waals surface area contributed by atoms with Gasteiger partial charge in [-0.2, -0.15) is 4.98 Å². The second-order valence-electron chi connectivity index (χ2n) is 4.49. The molecule has 0 bridgehead atoms. The number of amides is 1. The van der Waals surface area contributed by atoms with Crippen molar-refractivity contribution < 1.29 is 9.90 Å². The van der Waals surface area contributed by atoms with Crippen LogP contribution in [0.1, 0.15) is 20.3 Å². The van der Waals surface area contributed by atoms with Gasteiger partial charge >= 0.3 is 6.09 Å². The zero-order valence-corrected chi connectivity index (χ0v) is 13.0. The predicted molar refractivity (Wildman–Crippen MR) is 77.6 cm³/mol. The van der Waals surface area contributed by atoms with Gasteiger partial charge in [0.15, 0.2) is 0 Å². The molecule has 0 saturated carbocycles. The standard InChI is InChI=1S/C11H16BrClN4O2/c1-6(2)3-7(4-15-11(18)19)16-9-8(12)5-14-10(13)17-9/h5-7,15H,3-4H2,1-2H3,(H,18,19)(H,14,16,17). The van der Waals surface area contributed by atoms with E-state index < -0.39 is 6.09 Å².